The molecule has 7 nitrogen and oxygen atoms in total. The molecule has 25 heavy (non-hydrogen) atoms. The highest BCUT2D eigenvalue weighted by Gasteiger charge is 2.17. The standard InChI is InChI=1S/C17H15BrN2O5/c1-11-4-2-3-5-13(11)9-19-16(21)10-25-17(22)12-6-7-14(18)15(8-12)20(23)24/h2-8H,9-10H2,1H3,(H,19,21). The van der Waals surface area contributed by atoms with E-state index in [1.54, 1.807) is 0 Å². The lowest BCUT2D eigenvalue weighted by atomic mass is 10.1. The lowest BCUT2D eigenvalue weighted by Crippen LogP contribution is -2.28. The predicted octanol–water partition coefficient (Wildman–Crippen LogP) is 3.14. The maximum atomic E-state index is 11.9. The molecule has 2 aromatic carbocycles. The van der Waals surface area contributed by atoms with Crippen LogP contribution < -0.4 is 5.32 Å². The Morgan fingerprint density at radius 2 is 1.96 bits per heavy atom. The smallest absolute Gasteiger partial charge is 0.338 e. The van der Waals surface area contributed by atoms with Crippen LogP contribution in [0.2, 0.25) is 0 Å². The fourth-order valence-electron chi connectivity index (χ4n) is 2.05. The van der Waals surface area contributed by atoms with Crippen LogP contribution in [0, 0.1) is 17.0 Å². The summed E-state index contributed by atoms with van der Waals surface area (Å²) in [5.41, 5.74) is 1.76. The molecule has 0 saturated heterocycles. The number of nitro groups is 1. The molecule has 0 aliphatic heterocycles. The van der Waals surface area contributed by atoms with Crippen molar-refractivity contribution in [2.45, 2.75) is 13.5 Å². The number of hydrogen-bond acceptors (Lipinski definition) is 5. The largest absolute Gasteiger partial charge is 0.452 e. The van der Waals surface area contributed by atoms with Crippen molar-refractivity contribution in [3.8, 4) is 0 Å². The minimum absolute atomic E-state index is 0.00149. The van der Waals surface area contributed by atoms with Crippen LogP contribution in [0.5, 0.6) is 0 Å². The van der Waals surface area contributed by atoms with Gasteiger partial charge in [-0.25, -0.2) is 4.79 Å². The first-order valence-corrected chi connectivity index (χ1v) is 8.10. The number of nitrogens with one attached hydrogen (secondary N) is 1. The second-order valence-electron chi connectivity index (χ2n) is 5.20. The number of rotatable bonds is 6. The van der Waals surface area contributed by atoms with Crippen molar-refractivity contribution in [3.05, 3.63) is 73.7 Å². The number of aryl methyl sites for hydroxylation is 1. The van der Waals surface area contributed by atoms with Gasteiger partial charge in [-0.2, -0.15) is 0 Å². The van der Waals surface area contributed by atoms with Gasteiger partial charge < -0.3 is 10.1 Å². The minimum atomic E-state index is -0.804. The Morgan fingerprint density at radius 3 is 2.64 bits per heavy atom. The zero-order valence-electron chi connectivity index (χ0n) is 13.3. The molecular formula is C17H15BrN2O5. The SMILES string of the molecule is Cc1ccccc1CNC(=O)COC(=O)c1ccc(Br)c([N+](=O)[O-])c1. The van der Waals surface area contributed by atoms with Gasteiger partial charge >= 0.3 is 5.97 Å². The summed E-state index contributed by atoms with van der Waals surface area (Å²) in [6.45, 7) is 1.79. The van der Waals surface area contributed by atoms with Crippen molar-refractivity contribution >= 4 is 33.5 Å². The molecule has 0 radical (unpaired) electrons. The second kappa shape index (κ2) is 8.39. The zero-order chi connectivity index (χ0) is 18.4. The second-order valence-corrected chi connectivity index (χ2v) is 6.06. The average Bonchev–Trinajstić information content (AvgIpc) is 2.59. The fourth-order valence-corrected chi connectivity index (χ4v) is 2.44. The molecule has 0 aliphatic rings. The highest BCUT2D eigenvalue weighted by atomic mass is 79.9. The first kappa shape index (κ1) is 18.6. The molecule has 2 aromatic rings. The maximum Gasteiger partial charge on any atom is 0.338 e. The summed E-state index contributed by atoms with van der Waals surface area (Å²) >= 11 is 3.03. The molecule has 0 spiro atoms. The average molecular weight is 407 g/mol. The summed E-state index contributed by atoms with van der Waals surface area (Å²) in [7, 11) is 0. The van der Waals surface area contributed by atoms with Gasteiger partial charge in [-0.1, -0.05) is 24.3 Å². The van der Waals surface area contributed by atoms with E-state index in [-0.39, 0.29) is 15.7 Å². The predicted molar refractivity (Wildman–Crippen MR) is 94.1 cm³/mol. The van der Waals surface area contributed by atoms with Crippen molar-refractivity contribution in [1.29, 1.82) is 0 Å². The number of nitro benzene ring substituents is 1. The number of ether oxygens (including phenoxy) is 1. The van der Waals surface area contributed by atoms with Gasteiger partial charge in [-0.05, 0) is 46.1 Å². The number of nitrogens with zero attached hydrogens (tertiary/aromatic N) is 1. The number of hydrogen-bond donors (Lipinski definition) is 1. The van der Waals surface area contributed by atoms with Crippen LogP contribution in [0.3, 0.4) is 0 Å². The van der Waals surface area contributed by atoms with Crippen molar-refractivity contribution in [2.24, 2.45) is 0 Å². The van der Waals surface area contributed by atoms with Crippen molar-refractivity contribution < 1.29 is 19.2 Å². The van der Waals surface area contributed by atoms with Crippen molar-refractivity contribution in [2.75, 3.05) is 6.61 Å². The van der Waals surface area contributed by atoms with E-state index in [2.05, 4.69) is 21.2 Å². The van der Waals surface area contributed by atoms with Crippen LogP contribution in [0.15, 0.2) is 46.9 Å². The molecule has 0 heterocycles. The summed E-state index contributed by atoms with van der Waals surface area (Å²) in [5, 5.41) is 13.5. The quantitative estimate of drug-likeness (QED) is 0.451. The van der Waals surface area contributed by atoms with Gasteiger partial charge in [0.1, 0.15) is 0 Å². The molecule has 0 saturated carbocycles. The van der Waals surface area contributed by atoms with E-state index in [4.69, 9.17) is 4.74 Å². The summed E-state index contributed by atoms with van der Waals surface area (Å²) in [6, 6.07) is 11.5. The molecule has 0 unspecified atom stereocenters. The zero-order valence-corrected chi connectivity index (χ0v) is 14.9. The number of halogens is 1. The summed E-state index contributed by atoms with van der Waals surface area (Å²) < 4.78 is 5.15. The van der Waals surface area contributed by atoms with E-state index < -0.39 is 23.4 Å². The van der Waals surface area contributed by atoms with E-state index >= 15 is 0 Å². The molecule has 8 heteroatoms. The molecule has 0 fully saturated rings. The lowest BCUT2D eigenvalue weighted by Gasteiger charge is -2.08. The van der Waals surface area contributed by atoms with Gasteiger partial charge in [0.15, 0.2) is 6.61 Å². The van der Waals surface area contributed by atoms with Crippen LogP contribution in [-0.2, 0) is 16.1 Å². The topological polar surface area (TPSA) is 98.5 Å². The van der Waals surface area contributed by atoms with E-state index in [0.29, 0.717) is 6.54 Å². The van der Waals surface area contributed by atoms with Gasteiger partial charge in [0, 0.05) is 12.6 Å². The first-order valence-electron chi connectivity index (χ1n) is 7.30. The molecule has 0 atom stereocenters. The molecule has 1 amide bonds. The van der Waals surface area contributed by atoms with E-state index in [9.17, 15) is 19.7 Å². The first-order chi connectivity index (χ1) is 11.9. The summed E-state index contributed by atoms with van der Waals surface area (Å²) in [4.78, 5) is 34.0. The molecule has 1 N–H and O–H groups in total. The Kier molecular flexibility index (Phi) is 6.24. The van der Waals surface area contributed by atoms with E-state index in [1.807, 2.05) is 31.2 Å². The number of esters is 1. The third-order valence-electron chi connectivity index (χ3n) is 3.45. The molecular weight excluding hydrogens is 392 g/mol. The van der Waals surface area contributed by atoms with Gasteiger partial charge in [0.25, 0.3) is 11.6 Å². The third-order valence-corrected chi connectivity index (χ3v) is 4.12. The molecule has 0 aliphatic carbocycles. The van der Waals surface area contributed by atoms with E-state index in [0.717, 1.165) is 17.2 Å². The summed E-state index contributed by atoms with van der Waals surface area (Å²) in [5.74, 6) is -1.26. The van der Waals surface area contributed by atoms with Crippen LogP contribution in [-0.4, -0.2) is 23.4 Å². The molecule has 130 valence electrons. The van der Waals surface area contributed by atoms with Gasteiger partial charge in [-0.3, -0.25) is 14.9 Å². The Morgan fingerprint density at radius 1 is 1.24 bits per heavy atom. The third kappa shape index (κ3) is 5.12. The Labute approximate surface area is 152 Å². The Hall–Kier alpha value is -2.74. The fraction of sp³-hybridized carbons (Fsp3) is 0.176. The van der Waals surface area contributed by atoms with E-state index in [1.165, 1.54) is 12.1 Å². The highest BCUT2D eigenvalue weighted by molar-refractivity contribution is 9.10. The van der Waals surface area contributed by atoms with Crippen molar-refractivity contribution in [3.63, 3.8) is 0 Å². The molecule has 2 rings (SSSR count). The normalized spacial score (nSPS) is 10.2. The monoisotopic (exact) mass is 406 g/mol. The summed E-state index contributed by atoms with van der Waals surface area (Å²) in [6.07, 6.45) is 0. The molecule has 0 aromatic heterocycles. The number of amides is 1. The van der Waals surface area contributed by atoms with Crippen LogP contribution >= 0.6 is 15.9 Å². The number of carbonyl (C=O) groups excluding carboxylic acids is 2. The highest BCUT2D eigenvalue weighted by Crippen LogP contribution is 2.25. The minimum Gasteiger partial charge on any atom is -0.452 e. The Bertz CT molecular complexity index is 822. The number of carbonyl (C=O) groups is 2. The van der Waals surface area contributed by atoms with Crippen LogP contribution in [0.25, 0.3) is 0 Å². The lowest BCUT2D eigenvalue weighted by molar-refractivity contribution is -0.385. The maximum absolute atomic E-state index is 11.9. The van der Waals surface area contributed by atoms with Gasteiger partial charge in [0.05, 0.1) is 15.0 Å². The van der Waals surface area contributed by atoms with Crippen LogP contribution in [0.1, 0.15) is 21.5 Å². The van der Waals surface area contributed by atoms with Crippen LogP contribution in [0.4, 0.5) is 5.69 Å². The molecule has 0 bridgehead atoms. The van der Waals surface area contributed by atoms with Gasteiger partial charge in [0.2, 0.25) is 0 Å². The van der Waals surface area contributed by atoms with Gasteiger partial charge in [-0.15, -0.1) is 0 Å². The van der Waals surface area contributed by atoms with Crippen molar-refractivity contribution in [1.82, 2.24) is 5.32 Å². The number of benzene rings is 2. The Balaban J connectivity index is 1.89.